The molecule has 154 valence electrons. The van der Waals surface area contributed by atoms with Gasteiger partial charge in [0, 0.05) is 43.6 Å². The summed E-state index contributed by atoms with van der Waals surface area (Å²) in [6.45, 7) is 4.31. The normalized spacial score (nSPS) is 24.7. The predicted molar refractivity (Wildman–Crippen MR) is 112 cm³/mol. The van der Waals surface area contributed by atoms with Crippen molar-refractivity contribution in [1.29, 1.82) is 0 Å². The fourth-order valence-corrected chi connectivity index (χ4v) is 4.23. The van der Waals surface area contributed by atoms with Gasteiger partial charge in [0.05, 0.1) is 6.04 Å². The van der Waals surface area contributed by atoms with Crippen LogP contribution in [0.4, 0.5) is 10.2 Å². The molecular formula is C19H25BrClFN4O2. The lowest BCUT2D eigenvalue weighted by Crippen LogP contribution is -2.38. The molecule has 2 aliphatic rings. The number of aromatic nitrogens is 1. The van der Waals surface area contributed by atoms with Crippen LogP contribution in [0.1, 0.15) is 32.1 Å². The Morgan fingerprint density at radius 1 is 1.50 bits per heavy atom. The fourth-order valence-electron chi connectivity index (χ4n) is 3.82. The number of carbonyl (C=O) groups excluding carboxylic acids is 2. The molecule has 0 spiro atoms. The van der Waals surface area contributed by atoms with Crippen LogP contribution in [0.5, 0.6) is 0 Å². The third kappa shape index (κ3) is 5.30. The number of halogens is 3. The minimum absolute atomic E-state index is 0. The Balaban J connectivity index is 0.00000280. The molecule has 1 aliphatic carbocycles. The number of piperidine rings is 1. The molecule has 2 amide bonds. The molecule has 2 N–H and O–H groups in total. The number of carbonyl (C=O) groups is 2. The Bertz CT molecular complexity index is 745. The molecule has 1 saturated heterocycles. The van der Waals surface area contributed by atoms with E-state index in [4.69, 9.17) is 0 Å². The summed E-state index contributed by atoms with van der Waals surface area (Å²) in [5, 5.41) is 5.98. The number of nitrogens with zero attached hydrogens (tertiary/aromatic N) is 2. The van der Waals surface area contributed by atoms with Crippen molar-refractivity contribution in [3.8, 4) is 0 Å². The molecule has 0 radical (unpaired) electrons. The molecule has 1 saturated carbocycles. The van der Waals surface area contributed by atoms with Gasteiger partial charge in [-0.25, -0.2) is 9.37 Å². The minimum Gasteiger partial charge on any atom is -0.345 e. The number of hydrogen-bond donors (Lipinski definition) is 2. The number of nitrogens with one attached hydrogen (secondary N) is 2. The number of anilines is 1. The van der Waals surface area contributed by atoms with Crippen molar-refractivity contribution in [2.75, 3.05) is 18.9 Å². The summed E-state index contributed by atoms with van der Waals surface area (Å²) >= 11 is 3.11. The second kappa shape index (κ2) is 9.33. The SMILES string of the molecule is C=CCCCC(=O)N(C)C[C@@]12C[C@@H](C(=O)Nc3cc(F)cc(Br)n3)N[C@@H]1C2.Cl. The van der Waals surface area contributed by atoms with Gasteiger partial charge in [0.15, 0.2) is 0 Å². The molecule has 2 fully saturated rings. The number of pyridine rings is 1. The second-order valence-electron chi connectivity index (χ2n) is 7.46. The summed E-state index contributed by atoms with van der Waals surface area (Å²) in [6.07, 6.45) is 5.60. The first-order chi connectivity index (χ1) is 12.8. The van der Waals surface area contributed by atoms with Crippen molar-refractivity contribution in [3.05, 3.63) is 35.2 Å². The van der Waals surface area contributed by atoms with Crippen LogP contribution in [-0.4, -0.2) is 47.4 Å². The summed E-state index contributed by atoms with van der Waals surface area (Å²) in [7, 11) is 1.82. The highest BCUT2D eigenvalue weighted by Gasteiger charge is 2.61. The number of fused-ring (bicyclic) bond motifs is 1. The molecule has 1 aromatic heterocycles. The van der Waals surface area contributed by atoms with Crippen molar-refractivity contribution in [1.82, 2.24) is 15.2 Å². The molecule has 9 heteroatoms. The molecular weight excluding hydrogens is 451 g/mol. The van der Waals surface area contributed by atoms with Crippen LogP contribution in [0.25, 0.3) is 0 Å². The van der Waals surface area contributed by atoms with E-state index in [2.05, 4.69) is 38.1 Å². The van der Waals surface area contributed by atoms with Gasteiger partial charge < -0.3 is 15.5 Å². The number of allylic oxidation sites excluding steroid dienone is 1. The van der Waals surface area contributed by atoms with Gasteiger partial charge in [-0.2, -0.15) is 0 Å². The molecule has 3 rings (SSSR count). The topological polar surface area (TPSA) is 74.3 Å². The first kappa shape index (κ1) is 22.8. The zero-order valence-corrected chi connectivity index (χ0v) is 18.1. The summed E-state index contributed by atoms with van der Waals surface area (Å²) in [4.78, 5) is 30.6. The standard InChI is InChI=1S/C19H24BrFN4O2.ClH/c1-3-4-5-6-17(26)25(2)11-19-9-13(22-14(19)10-19)18(27)24-16-8-12(21)7-15(20)23-16;/h3,7-8,13-14,22H,1,4-6,9-11H2,2H3,(H,23,24,27);1H/t13-,14+,19-;/m0./s1. The van der Waals surface area contributed by atoms with Crippen molar-refractivity contribution in [3.63, 3.8) is 0 Å². The molecule has 1 aliphatic heterocycles. The van der Waals surface area contributed by atoms with E-state index in [-0.39, 0.29) is 47.5 Å². The van der Waals surface area contributed by atoms with Gasteiger partial charge >= 0.3 is 0 Å². The van der Waals surface area contributed by atoms with Crippen LogP contribution < -0.4 is 10.6 Å². The smallest absolute Gasteiger partial charge is 0.242 e. The highest BCUT2D eigenvalue weighted by atomic mass is 79.9. The van der Waals surface area contributed by atoms with E-state index >= 15 is 0 Å². The first-order valence-corrected chi connectivity index (χ1v) is 9.87. The van der Waals surface area contributed by atoms with Crippen molar-refractivity contribution < 1.29 is 14.0 Å². The molecule has 0 unspecified atom stereocenters. The quantitative estimate of drug-likeness (QED) is 0.344. The Kier molecular flexibility index (Phi) is 7.59. The third-order valence-electron chi connectivity index (χ3n) is 5.31. The summed E-state index contributed by atoms with van der Waals surface area (Å²) in [5.74, 6) is -0.398. The summed E-state index contributed by atoms with van der Waals surface area (Å²) in [5.41, 5.74) is -0.0409. The highest BCUT2D eigenvalue weighted by molar-refractivity contribution is 9.10. The summed E-state index contributed by atoms with van der Waals surface area (Å²) in [6, 6.07) is 2.29. The van der Waals surface area contributed by atoms with E-state index in [1.807, 2.05) is 13.1 Å². The van der Waals surface area contributed by atoms with Crippen molar-refractivity contribution >= 4 is 46.0 Å². The monoisotopic (exact) mass is 474 g/mol. The van der Waals surface area contributed by atoms with E-state index < -0.39 is 5.82 Å². The largest absolute Gasteiger partial charge is 0.345 e. The lowest BCUT2D eigenvalue weighted by molar-refractivity contribution is -0.130. The van der Waals surface area contributed by atoms with E-state index in [9.17, 15) is 14.0 Å². The number of unbranched alkanes of at least 4 members (excludes halogenated alkanes) is 1. The molecule has 1 aromatic rings. The van der Waals surface area contributed by atoms with E-state index in [0.29, 0.717) is 24.0 Å². The van der Waals surface area contributed by atoms with Gasteiger partial charge in [-0.15, -0.1) is 19.0 Å². The number of rotatable bonds is 8. The molecule has 0 bridgehead atoms. The molecule has 2 heterocycles. The third-order valence-corrected chi connectivity index (χ3v) is 5.71. The fraction of sp³-hybridized carbons (Fsp3) is 0.526. The maximum Gasteiger partial charge on any atom is 0.242 e. The first-order valence-electron chi connectivity index (χ1n) is 9.08. The zero-order chi connectivity index (χ0) is 19.6. The van der Waals surface area contributed by atoms with Crippen LogP contribution in [0.15, 0.2) is 29.4 Å². The minimum atomic E-state index is -0.470. The summed E-state index contributed by atoms with van der Waals surface area (Å²) < 4.78 is 13.8. The van der Waals surface area contributed by atoms with Gasteiger partial charge in [0.1, 0.15) is 16.2 Å². The molecule has 28 heavy (non-hydrogen) atoms. The maximum atomic E-state index is 13.4. The Morgan fingerprint density at radius 3 is 2.93 bits per heavy atom. The number of amides is 2. The van der Waals surface area contributed by atoms with Crippen LogP contribution in [-0.2, 0) is 9.59 Å². The Hall–Kier alpha value is -1.51. The molecule has 3 atom stereocenters. The lowest BCUT2D eigenvalue weighted by Gasteiger charge is -2.23. The van der Waals surface area contributed by atoms with Crippen LogP contribution in [0, 0.1) is 11.2 Å². The van der Waals surface area contributed by atoms with Gasteiger partial charge in [-0.3, -0.25) is 9.59 Å². The van der Waals surface area contributed by atoms with Crippen LogP contribution >= 0.6 is 28.3 Å². The van der Waals surface area contributed by atoms with Gasteiger partial charge in [-0.05, 0) is 41.6 Å². The highest BCUT2D eigenvalue weighted by Crippen LogP contribution is 2.55. The van der Waals surface area contributed by atoms with Gasteiger partial charge in [0.25, 0.3) is 0 Å². The van der Waals surface area contributed by atoms with Crippen LogP contribution in [0.3, 0.4) is 0 Å². The van der Waals surface area contributed by atoms with E-state index in [1.165, 1.54) is 12.1 Å². The van der Waals surface area contributed by atoms with Crippen molar-refractivity contribution in [2.24, 2.45) is 5.41 Å². The Morgan fingerprint density at radius 2 is 2.25 bits per heavy atom. The van der Waals surface area contributed by atoms with E-state index in [1.54, 1.807) is 4.90 Å². The van der Waals surface area contributed by atoms with Gasteiger partial charge in [0.2, 0.25) is 11.8 Å². The maximum absolute atomic E-state index is 13.4. The van der Waals surface area contributed by atoms with Crippen LogP contribution in [0.2, 0.25) is 0 Å². The zero-order valence-electron chi connectivity index (χ0n) is 15.7. The average Bonchev–Trinajstić information content (AvgIpc) is 3.13. The molecule has 6 nitrogen and oxygen atoms in total. The second-order valence-corrected chi connectivity index (χ2v) is 8.27. The Labute approximate surface area is 178 Å². The number of hydrogen-bond acceptors (Lipinski definition) is 4. The molecule has 0 aromatic carbocycles. The lowest BCUT2D eigenvalue weighted by atomic mass is 9.98. The van der Waals surface area contributed by atoms with Gasteiger partial charge in [-0.1, -0.05) is 6.08 Å². The van der Waals surface area contributed by atoms with Crippen molar-refractivity contribution in [2.45, 2.75) is 44.2 Å². The average molecular weight is 476 g/mol. The van der Waals surface area contributed by atoms with E-state index in [0.717, 1.165) is 19.3 Å². The predicted octanol–water partition coefficient (Wildman–Crippen LogP) is 3.28.